The number of aliphatic hydroxyl groups is 5. The highest BCUT2D eigenvalue weighted by atomic mass is 16.7. The molecule has 0 radical (unpaired) electrons. The molecule has 3 unspecified atom stereocenters. The molecular weight excluding hydrogens is 224 g/mol. The van der Waals surface area contributed by atoms with Gasteiger partial charge in [0.15, 0.2) is 0 Å². The molecule has 0 spiro atoms. The van der Waals surface area contributed by atoms with Crippen LogP contribution in [-0.4, -0.2) is 68.3 Å². The van der Waals surface area contributed by atoms with Crippen LogP contribution < -0.4 is 5.11 Å². The zero-order valence-corrected chi connectivity index (χ0v) is 8.18. The lowest BCUT2D eigenvalue weighted by atomic mass is 9.93. The molecule has 5 atom stereocenters. The Labute approximate surface area is 90.3 Å². The molecular formula is C8H13O8-. The van der Waals surface area contributed by atoms with Crippen molar-refractivity contribution in [3.63, 3.8) is 0 Å². The Bertz CT molecular complexity index is 269. The third-order valence-corrected chi connectivity index (χ3v) is 2.43. The molecule has 1 saturated heterocycles. The second-order valence-electron chi connectivity index (χ2n) is 3.67. The maximum atomic E-state index is 10.6. The average Bonchev–Trinajstić information content (AvgIpc) is 2.22. The maximum absolute atomic E-state index is 10.6. The van der Waals surface area contributed by atoms with Crippen LogP contribution in [0.1, 0.15) is 6.42 Å². The lowest BCUT2D eigenvalue weighted by Gasteiger charge is -2.43. The number of carbonyl (C=O) groups excluding carboxylic acids is 1. The summed E-state index contributed by atoms with van der Waals surface area (Å²) in [6.45, 7) is -0.822. The van der Waals surface area contributed by atoms with Crippen molar-refractivity contribution in [2.75, 3.05) is 6.61 Å². The molecule has 0 saturated carbocycles. The first-order chi connectivity index (χ1) is 7.31. The number of carboxylic acids is 1. The van der Waals surface area contributed by atoms with E-state index in [-0.39, 0.29) is 0 Å². The summed E-state index contributed by atoms with van der Waals surface area (Å²) in [6, 6.07) is 0. The zero-order chi connectivity index (χ0) is 12.5. The van der Waals surface area contributed by atoms with E-state index in [1.165, 1.54) is 0 Å². The Morgan fingerprint density at radius 3 is 2.56 bits per heavy atom. The highest BCUT2D eigenvalue weighted by molar-refractivity contribution is 5.73. The topological polar surface area (TPSA) is 151 Å². The van der Waals surface area contributed by atoms with Crippen LogP contribution >= 0.6 is 0 Å². The Morgan fingerprint density at radius 2 is 2.12 bits per heavy atom. The monoisotopic (exact) mass is 237 g/mol. The van der Waals surface area contributed by atoms with Gasteiger partial charge in [0, 0.05) is 6.42 Å². The van der Waals surface area contributed by atoms with E-state index in [0.717, 1.165) is 0 Å². The fourth-order valence-corrected chi connectivity index (χ4v) is 1.51. The van der Waals surface area contributed by atoms with Crippen molar-refractivity contribution in [2.45, 2.75) is 36.6 Å². The van der Waals surface area contributed by atoms with Gasteiger partial charge in [-0.25, -0.2) is 0 Å². The van der Waals surface area contributed by atoms with Gasteiger partial charge in [0.2, 0.25) is 5.79 Å². The summed E-state index contributed by atoms with van der Waals surface area (Å²) in [4.78, 5) is 10.6. The number of rotatable bonds is 3. The summed E-state index contributed by atoms with van der Waals surface area (Å²) >= 11 is 0. The summed E-state index contributed by atoms with van der Waals surface area (Å²) in [5.41, 5.74) is 0. The Hall–Kier alpha value is -0.770. The standard InChI is InChI=1S/C8H14O8/c9-2-4(11)6-5(12)3(10)1-8(15,16-6)7(13)14/h3-6,9-12,15H,1-2H2,(H,13,14)/p-1/t3?,4?,5-,6?,8-/m1/s1. The van der Waals surface area contributed by atoms with Gasteiger partial charge in [-0.3, -0.25) is 0 Å². The van der Waals surface area contributed by atoms with Crippen molar-refractivity contribution in [2.24, 2.45) is 0 Å². The molecule has 8 nitrogen and oxygen atoms in total. The van der Waals surface area contributed by atoms with Gasteiger partial charge in [-0.2, -0.15) is 0 Å². The molecule has 1 fully saturated rings. The van der Waals surface area contributed by atoms with E-state index in [1.807, 2.05) is 0 Å². The first-order valence-corrected chi connectivity index (χ1v) is 4.58. The molecule has 0 aromatic rings. The molecule has 1 rings (SSSR count). The zero-order valence-electron chi connectivity index (χ0n) is 8.18. The number of hydrogen-bond donors (Lipinski definition) is 5. The van der Waals surface area contributed by atoms with Crippen molar-refractivity contribution >= 4 is 5.97 Å². The molecule has 0 aliphatic carbocycles. The molecule has 0 bridgehead atoms. The second-order valence-corrected chi connectivity index (χ2v) is 3.67. The fraction of sp³-hybridized carbons (Fsp3) is 0.875. The Kier molecular flexibility index (Phi) is 3.84. The Balaban J connectivity index is 2.89. The highest BCUT2D eigenvalue weighted by Gasteiger charge is 2.48. The molecule has 8 heteroatoms. The van der Waals surface area contributed by atoms with Crippen LogP contribution in [0.4, 0.5) is 0 Å². The lowest BCUT2D eigenvalue weighted by Crippen LogP contribution is -2.64. The third-order valence-electron chi connectivity index (χ3n) is 2.43. The van der Waals surface area contributed by atoms with E-state index in [1.54, 1.807) is 0 Å². The van der Waals surface area contributed by atoms with E-state index in [0.29, 0.717) is 0 Å². The minimum absolute atomic E-state index is 0.787. The molecule has 94 valence electrons. The van der Waals surface area contributed by atoms with Crippen molar-refractivity contribution < 1.29 is 40.2 Å². The number of aliphatic hydroxyl groups excluding tert-OH is 4. The van der Waals surface area contributed by atoms with E-state index < -0.39 is 49.2 Å². The van der Waals surface area contributed by atoms with Crippen molar-refractivity contribution in [3.05, 3.63) is 0 Å². The summed E-state index contributed by atoms with van der Waals surface area (Å²) in [5, 5.41) is 56.5. The SMILES string of the molecule is O=C([O-])[C@@]1(O)CC(O)[C@@H](O)C(C(O)CO)O1. The van der Waals surface area contributed by atoms with Gasteiger partial charge in [0.1, 0.15) is 24.3 Å². The second kappa shape index (κ2) is 4.62. The van der Waals surface area contributed by atoms with Crippen molar-refractivity contribution in [1.82, 2.24) is 0 Å². The minimum atomic E-state index is -2.79. The predicted molar refractivity (Wildman–Crippen MR) is 44.6 cm³/mol. The van der Waals surface area contributed by atoms with Gasteiger partial charge < -0.3 is 40.2 Å². The molecule has 0 aromatic carbocycles. The van der Waals surface area contributed by atoms with E-state index in [4.69, 9.17) is 5.11 Å². The summed E-state index contributed by atoms with van der Waals surface area (Å²) in [6.07, 6.45) is -7.25. The van der Waals surface area contributed by atoms with Gasteiger partial charge in [-0.05, 0) is 0 Å². The molecule has 16 heavy (non-hydrogen) atoms. The number of ether oxygens (including phenoxy) is 1. The average molecular weight is 237 g/mol. The summed E-state index contributed by atoms with van der Waals surface area (Å²) < 4.78 is 4.54. The summed E-state index contributed by atoms with van der Waals surface area (Å²) in [7, 11) is 0. The van der Waals surface area contributed by atoms with Crippen LogP contribution in [0.3, 0.4) is 0 Å². The number of carboxylic acid groups (broad SMARTS) is 1. The Morgan fingerprint density at radius 1 is 1.56 bits per heavy atom. The van der Waals surface area contributed by atoms with Crippen LogP contribution in [-0.2, 0) is 9.53 Å². The first-order valence-electron chi connectivity index (χ1n) is 4.58. The van der Waals surface area contributed by atoms with Gasteiger partial charge >= 0.3 is 0 Å². The number of aliphatic carboxylic acids is 1. The van der Waals surface area contributed by atoms with Crippen LogP contribution in [0.15, 0.2) is 0 Å². The molecule has 1 aliphatic heterocycles. The smallest absolute Gasteiger partial charge is 0.210 e. The van der Waals surface area contributed by atoms with Crippen LogP contribution in [0.5, 0.6) is 0 Å². The van der Waals surface area contributed by atoms with Crippen molar-refractivity contribution in [1.29, 1.82) is 0 Å². The predicted octanol–water partition coefficient (Wildman–Crippen LogP) is -4.71. The van der Waals surface area contributed by atoms with Gasteiger partial charge in [0.25, 0.3) is 0 Å². The first kappa shape index (κ1) is 13.3. The van der Waals surface area contributed by atoms with Crippen LogP contribution in [0.2, 0.25) is 0 Å². The van der Waals surface area contributed by atoms with Gasteiger partial charge in [-0.15, -0.1) is 0 Å². The van der Waals surface area contributed by atoms with E-state index in [9.17, 15) is 30.3 Å². The number of hydrogen-bond acceptors (Lipinski definition) is 8. The molecule has 5 N–H and O–H groups in total. The minimum Gasteiger partial charge on any atom is -0.544 e. The molecule has 1 heterocycles. The van der Waals surface area contributed by atoms with Crippen LogP contribution in [0, 0.1) is 0 Å². The number of carbonyl (C=O) groups is 1. The molecule has 0 aromatic heterocycles. The fourth-order valence-electron chi connectivity index (χ4n) is 1.51. The third kappa shape index (κ3) is 2.32. The molecule has 0 amide bonds. The van der Waals surface area contributed by atoms with E-state index >= 15 is 0 Å². The maximum Gasteiger partial charge on any atom is 0.210 e. The normalized spacial score (nSPS) is 41.7. The largest absolute Gasteiger partial charge is 0.544 e. The molecule has 1 aliphatic rings. The summed E-state index contributed by atoms with van der Waals surface area (Å²) in [5.74, 6) is -4.78. The van der Waals surface area contributed by atoms with E-state index in [2.05, 4.69) is 4.74 Å². The van der Waals surface area contributed by atoms with Gasteiger partial charge in [-0.1, -0.05) is 0 Å². The highest BCUT2D eigenvalue weighted by Crippen LogP contribution is 2.28. The van der Waals surface area contributed by atoms with Gasteiger partial charge in [0.05, 0.1) is 12.7 Å². The lowest BCUT2D eigenvalue weighted by molar-refractivity contribution is -0.378. The van der Waals surface area contributed by atoms with Crippen molar-refractivity contribution in [3.8, 4) is 0 Å². The van der Waals surface area contributed by atoms with Crippen LogP contribution in [0.25, 0.3) is 0 Å². The quantitative estimate of drug-likeness (QED) is 0.328.